The third kappa shape index (κ3) is 3.85. The van der Waals surface area contributed by atoms with Crippen LogP contribution in [0.1, 0.15) is 12.0 Å². The van der Waals surface area contributed by atoms with Crippen LogP contribution in [0, 0.1) is 5.82 Å². The molecule has 0 aromatic heterocycles. The molecule has 74 valence electrons. The van der Waals surface area contributed by atoms with Gasteiger partial charge in [-0.25, -0.2) is 4.39 Å². The van der Waals surface area contributed by atoms with Crippen molar-refractivity contribution >= 4 is 5.97 Å². The van der Waals surface area contributed by atoms with Gasteiger partial charge in [0.25, 0.3) is 0 Å². The van der Waals surface area contributed by atoms with Gasteiger partial charge in [-0.2, -0.15) is 0 Å². The average Bonchev–Trinajstić information content (AvgIpc) is 2.15. The molecule has 2 nitrogen and oxygen atoms in total. The third-order valence-corrected chi connectivity index (χ3v) is 1.73. The van der Waals surface area contributed by atoms with E-state index in [4.69, 9.17) is 5.11 Å². The molecule has 0 saturated carbocycles. The second-order valence-corrected chi connectivity index (χ2v) is 2.90. The van der Waals surface area contributed by atoms with Gasteiger partial charge in [0.2, 0.25) is 0 Å². The maximum absolute atomic E-state index is 12.5. The van der Waals surface area contributed by atoms with Crippen LogP contribution in [0.25, 0.3) is 0 Å². The molecule has 0 amide bonds. The zero-order valence-electron chi connectivity index (χ0n) is 7.61. The predicted molar refractivity (Wildman–Crippen MR) is 51.5 cm³/mol. The fraction of sp³-hybridized carbons (Fsp3) is 0.182. The summed E-state index contributed by atoms with van der Waals surface area (Å²) in [5, 5.41) is 8.35. The molecule has 0 fully saturated rings. The summed E-state index contributed by atoms with van der Waals surface area (Å²) in [6, 6.07) is 6.14. The zero-order valence-corrected chi connectivity index (χ0v) is 7.61. The molecule has 0 unspecified atom stereocenters. The summed E-state index contributed by atoms with van der Waals surface area (Å²) in [5.74, 6) is -1.11. The highest BCUT2D eigenvalue weighted by atomic mass is 19.1. The van der Waals surface area contributed by atoms with Crippen LogP contribution in [0.2, 0.25) is 0 Å². The normalized spacial score (nSPS) is 10.6. The Labute approximate surface area is 81.7 Å². The fourth-order valence-electron chi connectivity index (χ4n) is 1.02. The summed E-state index contributed by atoms with van der Waals surface area (Å²) >= 11 is 0. The van der Waals surface area contributed by atoms with E-state index in [2.05, 4.69) is 0 Å². The molecule has 1 rings (SSSR count). The van der Waals surface area contributed by atoms with E-state index in [0.29, 0.717) is 6.42 Å². The van der Waals surface area contributed by atoms with E-state index in [1.54, 1.807) is 24.3 Å². The number of carboxylic acids is 1. The molecule has 3 heteroatoms. The summed E-state index contributed by atoms with van der Waals surface area (Å²) in [5.41, 5.74) is 0.966. The zero-order chi connectivity index (χ0) is 10.4. The first-order valence-corrected chi connectivity index (χ1v) is 4.30. The summed E-state index contributed by atoms with van der Waals surface area (Å²) in [6.45, 7) is 0. The van der Waals surface area contributed by atoms with Crippen LogP contribution >= 0.6 is 0 Å². The maximum atomic E-state index is 12.5. The molecule has 0 bridgehead atoms. The first-order chi connectivity index (χ1) is 6.68. The summed E-state index contributed by atoms with van der Waals surface area (Å²) in [6.07, 6.45) is 4.02. The number of allylic oxidation sites excluding steroid dienone is 1. The summed E-state index contributed by atoms with van der Waals surface area (Å²) in [4.78, 5) is 10.2. The van der Waals surface area contributed by atoms with Crippen molar-refractivity contribution in [3.8, 4) is 0 Å². The minimum absolute atomic E-state index is 0.0290. The number of rotatable bonds is 4. The fourth-order valence-corrected chi connectivity index (χ4v) is 1.02. The minimum atomic E-state index is -0.847. The Morgan fingerprint density at radius 2 is 1.93 bits per heavy atom. The van der Waals surface area contributed by atoms with Gasteiger partial charge in [0, 0.05) is 0 Å². The van der Waals surface area contributed by atoms with Crippen LogP contribution in [0.15, 0.2) is 36.4 Å². The van der Waals surface area contributed by atoms with Crippen molar-refractivity contribution in [2.24, 2.45) is 0 Å². The Bertz CT molecular complexity index is 328. The average molecular weight is 194 g/mol. The van der Waals surface area contributed by atoms with Crippen LogP contribution in [0.5, 0.6) is 0 Å². The van der Waals surface area contributed by atoms with Gasteiger partial charge in [-0.05, 0) is 24.1 Å². The Morgan fingerprint density at radius 1 is 1.29 bits per heavy atom. The van der Waals surface area contributed by atoms with E-state index in [9.17, 15) is 9.18 Å². The van der Waals surface area contributed by atoms with Crippen molar-refractivity contribution in [3.63, 3.8) is 0 Å². The van der Waals surface area contributed by atoms with Crippen molar-refractivity contribution < 1.29 is 14.3 Å². The highest BCUT2D eigenvalue weighted by Gasteiger charge is 1.92. The molecule has 14 heavy (non-hydrogen) atoms. The lowest BCUT2D eigenvalue weighted by Gasteiger charge is -1.94. The minimum Gasteiger partial charge on any atom is -0.481 e. The first-order valence-electron chi connectivity index (χ1n) is 4.30. The number of carboxylic acid groups (broad SMARTS) is 1. The molecule has 1 aromatic rings. The molecule has 0 aliphatic rings. The molecule has 1 N–H and O–H groups in total. The summed E-state index contributed by atoms with van der Waals surface area (Å²) < 4.78 is 12.5. The number of halogens is 1. The van der Waals surface area contributed by atoms with Gasteiger partial charge in [0.05, 0.1) is 6.42 Å². The van der Waals surface area contributed by atoms with Crippen molar-refractivity contribution in [1.82, 2.24) is 0 Å². The second kappa shape index (κ2) is 5.17. The SMILES string of the molecule is O=C(O)C/C=C\Cc1ccc(F)cc1. The van der Waals surface area contributed by atoms with Crippen LogP contribution < -0.4 is 0 Å². The molecular formula is C11H11FO2. The van der Waals surface area contributed by atoms with Gasteiger partial charge in [-0.1, -0.05) is 24.3 Å². The molecule has 0 heterocycles. The number of benzene rings is 1. The molecule has 0 atom stereocenters. The topological polar surface area (TPSA) is 37.3 Å². The number of carbonyl (C=O) groups is 1. The molecule has 0 aliphatic heterocycles. The third-order valence-electron chi connectivity index (χ3n) is 1.73. The van der Waals surface area contributed by atoms with E-state index in [-0.39, 0.29) is 12.2 Å². The van der Waals surface area contributed by atoms with Crippen molar-refractivity contribution in [2.75, 3.05) is 0 Å². The van der Waals surface area contributed by atoms with Crippen molar-refractivity contribution in [2.45, 2.75) is 12.8 Å². The summed E-state index contributed by atoms with van der Waals surface area (Å²) in [7, 11) is 0. The largest absolute Gasteiger partial charge is 0.481 e. The monoisotopic (exact) mass is 194 g/mol. The van der Waals surface area contributed by atoms with E-state index < -0.39 is 5.97 Å². The Hall–Kier alpha value is -1.64. The predicted octanol–water partition coefficient (Wildman–Crippen LogP) is 2.40. The highest BCUT2D eigenvalue weighted by molar-refractivity contribution is 5.68. The van der Waals surface area contributed by atoms with Crippen molar-refractivity contribution in [1.29, 1.82) is 0 Å². The molecule has 0 aliphatic carbocycles. The quantitative estimate of drug-likeness (QED) is 0.747. The number of hydrogen-bond acceptors (Lipinski definition) is 1. The number of aliphatic carboxylic acids is 1. The Kier molecular flexibility index (Phi) is 3.85. The van der Waals surface area contributed by atoms with Crippen LogP contribution in [-0.2, 0) is 11.2 Å². The first kappa shape index (κ1) is 10.4. The van der Waals surface area contributed by atoms with E-state index in [0.717, 1.165) is 5.56 Å². The lowest BCUT2D eigenvalue weighted by molar-refractivity contribution is -0.136. The standard InChI is InChI=1S/C11H11FO2/c12-10-7-5-9(6-8-10)3-1-2-4-11(13)14/h1-2,5-8H,3-4H2,(H,13,14)/b2-1-. The maximum Gasteiger partial charge on any atom is 0.307 e. The second-order valence-electron chi connectivity index (χ2n) is 2.90. The van der Waals surface area contributed by atoms with E-state index >= 15 is 0 Å². The van der Waals surface area contributed by atoms with Crippen molar-refractivity contribution in [3.05, 3.63) is 47.8 Å². The lowest BCUT2D eigenvalue weighted by atomic mass is 10.1. The van der Waals surface area contributed by atoms with E-state index in [1.165, 1.54) is 12.1 Å². The van der Waals surface area contributed by atoms with Gasteiger partial charge >= 0.3 is 5.97 Å². The molecule has 0 spiro atoms. The highest BCUT2D eigenvalue weighted by Crippen LogP contribution is 2.04. The van der Waals surface area contributed by atoms with E-state index in [1.807, 2.05) is 0 Å². The molecule has 0 radical (unpaired) electrons. The van der Waals surface area contributed by atoms with Gasteiger partial charge in [0.15, 0.2) is 0 Å². The smallest absolute Gasteiger partial charge is 0.307 e. The lowest BCUT2D eigenvalue weighted by Crippen LogP contribution is -1.90. The van der Waals surface area contributed by atoms with Crippen LogP contribution in [0.3, 0.4) is 0 Å². The Morgan fingerprint density at radius 3 is 2.50 bits per heavy atom. The van der Waals surface area contributed by atoms with Gasteiger partial charge in [0.1, 0.15) is 5.82 Å². The molecule has 1 aromatic carbocycles. The van der Waals surface area contributed by atoms with Crippen LogP contribution in [0.4, 0.5) is 4.39 Å². The van der Waals surface area contributed by atoms with Gasteiger partial charge in [-0.3, -0.25) is 4.79 Å². The molecular weight excluding hydrogens is 183 g/mol. The Balaban J connectivity index is 2.42. The van der Waals surface area contributed by atoms with Gasteiger partial charge in [-0.15, -0.1) is 0 Å². The number of hydrogen-bond donors (Lipinski definition) is 1. The molecule has 0 saturated heterocycles. The van der Waals surface area contributed by atoms with Gasteiger partial charge < -0.3 is 5.11 Å². The van der Waals surface area contributed by atoms with Crippen LogP contribution in [-0.4, -0.2) is 11.1 Å².